The molecule has 0 fully saturated rings. The summed E-state index contributed by atoms with van der Waals surface area (Å²) in [5.41, 5.74) is 2.46. The minimum Gasteiger partial charge on any atom is -0.266 e. The molecule has 0 bridgehead atoms. The summed E-state index contributed by atoms with van der Waals surface area (Å²) in [6.45, 7) is 0.128. The lowest BCUT2D eigenvalue weighted by Crippen LogP contribution is -2.40. The van der Waals surface area contributed by atoms with Crippen molar-refractivity contribution < 1.29 is 13.8 Å². The second kappa shape index (κ2) is 6.77. The summed E-state index contributed by atoms with van der Waals surface area (Å²) in [6, 6.07) is 9.81. The highest BCUT2D eigenvalue weighted by molar-refractivity contribution is 6.33. The molecule has 1 amide bonds. The Morgan fingerprint density at radius 3 is 2.75 bits per heavy atom. The monoisotopic (exact) mass is 292 g/mol. The SMILES string of the molecule is O=C(C[n+]1ccccc1)N/N=C/c1c(F)cccc1Cl. The zero-order chi connectivity index (χ0) is 14.4. The van der Waals surface area contributed by atoms with Crippen molar-refractivity contribution in [2.24, 2.45) is 5.10 Å². The molecule has 0 aliphatic rings. The van der Waals surface area contributed by atoms with Gasteiger partial charge in [-0.25, -0.2) is 9.82 Å². The largest absolute Gasteiger partial charge is 0.305 e. The normalized spacial score (nSPS) is 10.7. The number of nitrogens with zero attached hydrogens (tertiary/aromatic N) is 2. The molecule has 0 aliphatic heterocycles. The fraction of sp³-hybridized carbons (Fsp3) is 0.0714. The minimum absolute atomic E-state index is 0.128. The predicted octanol–water partition coefficient (Wildman–Crippen LogP) is 1.92. The van der Waals surface area contributed by atoms with Crippen molar-refractivity contribution in [3.63, 3.8) is 0 Å². The number of amides is 1. The van der Waals surface area contributed by atoms with Crippen LogP contribution in [0.25, 0.3) is 0 Å². The molecule has 0 aliphatic carbocycles. The van der Waals surface area contributed by atoms with Crippen LogP contribution < -0.4 is 9.99 Å². The van der Waals surface area contributed by atoms with Crippen LogP contribution in [-0.4, -0.2) is 12.1 Å². The van der Waals surface area contributed by atoms with Gasteiger partial charge in [0.15, 0.2) is 12.4 Å². The maximum absolute atomic E-state index is 13.4. The van der Waals surface area contributed by atoms with Crippen LogP contribution in [0.15, 0.2) is 53.9 Å². The molecule has 0 atom stereocenters. The summed E-state index contributed by atoms with van der Waals surface area (Å²) >= 11 is 5.83. The first kappa shape index (κ1) is 14.1. The second-order valence-corrected chi connectivity index (χ2v) is 4.38. The molecule has 0 saturated heterocycles. The van der Waals surface area contributed by atoms with E-state index >= 15 is 0 Å². The highest BCUT2D eigenvalue weighted by atomic mass is 35.5. The van der Waals surface area contributed by atoms with E-state index in [-0.39, 0.29) is 23.0 Å². The van der Waals surface area contributed by atoms with Crippen molar-refractivity contribution in [2.45, 2.75) is 6.54 Å². The molecular weight excluding hydrogens is 281 g/mol. The molecule has 0 unspecified atom stereocenters. The first-order chi connectivity index (χ1) is 9.66. The Morgan fingerprint density at radius 2 is 2.05 bits per heavy atom. The molecule has 2 rings (SSSR count). The quantitative estimate of drug-likeness (QED) is 0.522. The Hall–Kier alpha value is -2.27. The molecule has 1 aromatic heterocycles. The van der Waals surface area contributed by atoms with Crippen LogP contribution in [0.4, 0.5) is 4.39 Å². The lowest BCUT2D eigenvalue weighted by atomic mass is 10.2. The average molecular weight is 293 g/mol. The Bertz CT molecular complexity index is 611. The summed E-state index contributed by atoms with van der Waals surface area (Å²) < 4.78 is 15.1. The van der Waals surface area contributed by atoms with Crippen LogP contribution in [0, 0.1) is 5.82 Å². The van der Waals surface area contributed by atoms with Crippen LogP contribution in [0.2, 0.25) is 5.02 Å². The summed E-state index contributed by atoms with van der Waals surface area (Å²) in [5.74, 6) is -0.808. The van der Waals surface area contributed by atoms with Gasteiger partial charge >= 0.3 is 5.91 Å². The maximum Gasteiger partial charge on any atom is 0.305 e. The van der Waals surface area contributed by atoms with Crippen LogP contribution >= 0.6 is 11.6 Å². The van der Waals surface area contributed by atoms with Crippen molar-refractivity contribution in [3.8, 4) is 0 Å². The highest BCUT2D eigenvalue weighted by Crippen LogP contribution is 2.16. The first-order valence-electron chi connectivity index (χ1n) is 5.87. The van der Waals surface area contributed by atoms with E-state index in [4.69, 9.17) is 11.6 Å². The van der Waals surface area contributed by atoms with Gasteiger partial charge in [0.05, 0.1) is 11.2 Å². The number of hydrogen-bond donors (Lipinski definition) is 1. The van der Waals surface area contributed by atoms with Crippen molar-refractivity contribution in [1.29, 1.82) is 0 Å². The zero-order valence-corrected chi connectivity index (χ0v) is 11.2. The van der Waals surface area contributed by atoms with Gasteiger partial charge in [0, 0.05) is 17.7 Å². The molecule has 0 spiro atoms. The van der Waals surface area contributed by atoms with E-state index in [0.29, 0.717) is 0 Å². The molecule has 4 nitrogen and oxygen atoms in total. The topological polar surface area (TPSA) is 45.3 Å². The third-order valence-electron chi connectivity index (χ3n) is 2.49. The number of hydrogen-bond acceptors (Lipinski definition) is 2. The second-order valence-electron chi connectivity index (χ2n) is 3.98. The summed E-state index contributed by atoms with van der Waals surface area (Å²) in [6.07, 6.45) is 4.71. The van der Waals surface area contributed by atoms with Gasteiger partial charge in [-0.1, -0.05) is 23.7 Å². The smallest absolute Gasteiger partial charge is 0.266 e. The van der Waals surface area contributed by atoms with Gasteiger partial charge < -0.3 is 0 Å². The summed E-state index contributed by atoms with van der Waals surface area (Å²) in [7, 11) is 0. The number of benzene rings is 1. The maximum atomic E-state index is 13.4. The van der Waals surface area contributed by atoms with Crippen molar-refractivity contribution in [3.05, 3.63) is 65.2 Å². The molecule has 1 N–H and O–H groups in total. The molecule has 1 aromatic carbocycles. The zero-order valence-electron chi connectivity index (χ0n) is 10.5. The van der Waals surface area contributed by atoms with Crippen LogP contribution in [0.5, 0.6) is 0 Å². The van der Waals surface area contributed by atoms with Crippen molar-refractivity contribution >= 4 is 23.7 Å². The number of hydrazone groups is 1. The molecule has 1 heterocycles. The van der Waals surface area contributed by atoms with Gasteiger partial charge in [-0.05, 0) is 12.1 Å². The first-order valence-corrected chi connectivity index (χ1v) is 6.24. The molecule has 2 aromatic rings. The van der Waals surface area contributed by atoms with E-state index in [1.54, 1.807) is 23.0 Å². The third-order valence-corrected chi connectivity index (χ3v) is 2.82. The van der Waals surface area contributed by atoms with Crippen LogP contribution in [-0.2, 0) is 11.3 Å². The highest BCUT2D eigenvalue weighted by Gasteiger charge is 2.07. The lowest BCUT2D eigenvalue weighted by Gasteiger charge is -1.99. The van der Waals surface area contributed by atoms with Crippen LogP contribution in [0.1, 0.15) is 5.56 Å². The van der Waals surface area contributed by atoms with E-state index in [1.165, 1.54) is 18.3 Å². The van der Waals surface area contributed by atoms with Gasteiger partial charge in [-0.15, -0.1) is 0 Å². The third kappa shape index (κ3) is 3.86. The fourth-order valence-corrected chi connectivity index (χ4v) is 1.76. The van der Waals surface area contributed by atoms with Crippen molar-refractivity contribution in [1.82, 2.24) is 5.43 Å². The molecular formula is C14H12ClFN3O+. The lowest BCUT2D eigenvalue weighted by molar-refractivity contribution is -0.684. The van der Waals surface area contributed by atoms with Gasteiger partial charge in [-0.3, -0.25) is 4.79 Å². The standard InChI is InChI=1S/C14H11ClFN3O/c15-12-5-4-6-13(16)11(12)9-17-18-14(20)10-19-7-2-1-3-8-19/h1-9H,10H2/p+1/b17-9+. The fourth-order valence-electron chi connectivity index (χ4n) is 1.54. The summed E-state index contributed by atoms with van der Waals surface area (Å²) in [4.78, 5) is 11.6. The summed E-state index contributed by atoms with van der Waals surface area (Å²) in [5, 5.41) is 3.93. The number of rotatable bonds is 4. The Kier molecular flexibility index (Phi) is 4.79. The van der Waals surface area contributed by atoms with E-state index in [2.05, 4.69) is 10.5 Å². The predicted molar refractivity (Wildman–Crippen MR) is 73.8 cm³/mol. The average Bonchev–Trinajstić information content (AvgIpc) is 2.43. The Morgan fingerprint density at radius 1 is 1.30 bits per heavy atom. The molecule has 6 heteroatoms. The number of carbonyl (C=O) groups excluding carboxylic acids is 1. The molecule has 20 heavy (non-hydrogen) atoms. The number of halogens is 2. The van der Waals surface area contributed by atoms with E-state index in [0.717, 1.165) is 0 Å². The number of carbonyl (C=O) groups is 1. The molecule has 0 saturated carbocycles. The van der Waals surface area contributed by atoms with Gasteiger partial charge in [-0.2, -0.15) is 9.67 Å². The van der Waals surface area contributed by atoms with E-state index in [9.17, 15) is 9.18 Å². The molecule has 0 radical (unpaired) electrons. The van der Waals surface area contributed by atoms with Crippen molar-refractivity contribution in [2.75, 3.05) is 0 Å². The van der Waals surface area contributed by atoms with E-state index < -0.39 is 5.82 Å². The molecule has 102 valence electrons. The number of nitrogens with one attached hydrogen (secondary N) is 1. The van der Waals surface area contributed by atoms with Crippen LogP contribution in [0.3, 0.4) is 0 Å². The Balaban J connectivity index is 1.95. The number of aromatic nitrogens is 1. The minimum atomic E-state index is -0.493. The number of pyridine rings is 1. The van der Waals surface area contributed by atoms with Gasteiger partial charge in [0.2, 0.25) is 6.54 Å². The Labute approximate surface area is 120 Å². The van der Waals surface area contributed by atoms with E-state index in [1.807, 2.05) is 18.2 Å². The van der Waals surface area contributed by atoms with Gasteiger partial charge in [0.1, 0.15) is 5.82 Å². The van der Waals surface area contributed by atoms with Gasteiger partial charge in [0.25, 0.3) is 0 Å².